The van der Waals surface area contributed by atoms with Gasteiger partial charge in [-0.2, -0.15) is 0 Å². The van der Waals surface area contributed by atoms with E-state index in [-0.39, 0.29) is 17.9 Å². The van der Waals surface area contributed by atoms with E-state index in [0.29, 0.717) is 6.42 Å². The fourth-order valence-corrected chi connectivity index (χ4v) is 2.80. The van der Waals surface area contributed by atoms with Crippen LogP contribution in [-0.4, -0.2) is 17.7 Å². The fraction of sp³-hybridized carbons (Fsp3) is 0.857. The van der Waals surface area contributed by atoms with E-state index in [1.165, 1.54) is 13.8 Å². The van der Waals surface area contributed by atoms with E-state index >= 15 is 0 Å². The van der Waals surface area contributed by atoms with Crippen LogP contribution in [0.4, 0.5) is 0 Å². The molecule has 0 bridgehead atoms. The largest absolute Gasteiger partial charge is 0.422 e. The third-order valence-corrected chi connectivity index (χ3v) is 3.49. The van der Waals surface area contributed by atoms with Gasteiger partial charge in [0.05, 0.1) is 0 Å². The maximum Gasteiger partial charge on any atom is 0.305 e. The van der Waals surface area contributed by atoms with Crippen LogP contribution in [0.5, 0.6) is 0 Å². The number of rotatable bonds is 6. The summed E-state index contributed by atoms with van der Waals surface area (Å²) in [5.41, 5.74) is 0. The Morgan fingerprint density at radius 1 is 1.17 bits per heavy atom. The molecule has 0 radical (unpaired) electrons. The van der Waals surface area contributed by atoms with Crippen LogP contribution in [0, 0.1) is 5.92 Å². The van der Waals surface area contributed by atoms with Gasteiger partial charge in [0.25, 0.3) is 5.79 Å². The highest BCUT2D eigenvalue weighted by atomic mass is 16.7. The Morgan fingerprint density at radius 3 is 2.28 bits per heavy atom. The highest BCUT2D eigenvalue weighted by Crippen LogP contribution is 2.42. The minimum atomic E-state index is -0.995. The van der Waals surface area contributed by atoms with Gasteiger partial charge in [-0.05, 0) is 19.3 Å². The molecule has 1 saturated carbocycles. The maximum absolute atomic E-state index is 11.2. The summed E-state index contributed by atoms with van der Waals surface area (Å²) in [6.45, 7) is 4.89. The highest BCUT2D eigenvalue weighted by molar-refractivity contribution is 5.69. The minimum Gasteiger partial charge on any atom is -0.422 e. The lowest BCUT2D eigenvalue weighted by Gasteiger charge is -2.33. The van der Waals surface area contributed by atoms with Crippen LogP contribution in [0.1, 0.15) is 65.7 Å². The molecule has 4 nitrogen and oxygen atoms in total. The van der Waals surface area contributed by atoms with E-state index < -0.39 is 5.79 Å². The number of hydrogen-bond acceptors (Lipinski definition) is 4. The van der Waals surface area contributed by atoms with Gasteiger partial charge in [0.2, 0.25) is 0 Å². The first-order chi connectivity index (χ1) is 8.50. The Hall–Kier alpha value is -1.06. The summed E-state index contributed by atoms with van der Waals surface area (Å²) in [5, 5.41) is 0. The summed E-state index contributed by atoms with van der Waals surface area (Å²) in [6.07, 6.45) is 6.89. The second-order valence-electron chi connectivity index (χ2n) is 5.08. The van der Waals surface area contributed by atoms with Crippen LogP contribution >= 0.6 is 0 Å². The van der Waals surface area contributed by atoms with Crippen LogP contribution in [-0.2, 0) is 19.1 Å². The lowest BCUT2D eigenvalue weighted by molar-refractivity contribution is -0.239. The Balaban J connectivity index is 2.71. The second-order valence-corrected chi connectivity index (χ2v) is 5.08. The zero-order valence-electron chi connectivity index (χ0n) is 11.7. The van der Waals surface area contributed by atoms with Gasteiger partial charge in [0.1, 0.15) is 0 Å². The van der Waals surface area contributed by atoms with Crippen molar-refractivity contribution in [2.45, 2.75) is 71.5 Å². The molecule has 0 aromatic carbocycles. The van der Waals surface area contributed by atoms with Gasteiger partial charge in [-0.1, -0.05) is 26.2 Å². The number of hydrogen-bond donors (Lipinski definition) is 0. The molecule has 0 N–H and O–H groups in total. The van der Waals surface area contributed by atoms with Crippen molar-refractivity contribution in [3.63, 3.8) is 0 Å². The van der Waals surface area contributed by atoms with Crippen molar-refractivity contribution in [1.82, 2.24) is 0 Å². The fourth-order valence-electron chi connectivity index (χ4n) is 2.80. The molecule has 0 aromatic heterocycles. The molecule has 0 saturated heterocycles. The predicted octanol–water partition coefficient (Wildman–Crippen LogP) is 3.19. The molecule has 4 heteroatoms. The predicted molar refractivity (Wildman–Crippen MR) is 67.7 cm³/mol. The summed E-state index contributed by atoms with van der Waals surface area (Å²) >= 11 is 0. The van der Waals surface area contributed by atoms with Crippen molar-refractivity contribution in [1.29, 1.82) is 0 Å². The van der Waals surface area contributed by atoms with Crippen molar-refractivity contribution >= 4 is 11.9 Å². The SMILES string of the molecule is CCCCCC1CCCC1(OC(C)=O)OC(C)=O. The Kier molecular flexibility index (Phi) is 5.63. The summed E-state index contributed by atoms with van der Waals surface area (Å²) < 4.78 is 10.7. The summed E-state index contributed by atoms with van der Waals surface area (Å²) in [7, 11) is 0. The number of carbonyl (C=O) groups excluding carboxylic acids is 2. The topological polar surface area (TPSA) is 52.6 Å². The summed E-state index contributed by atoms with van der Waals surface area (Å²) in [5.74, 6) is -1.60. The zero-order valence-corrected chi connectivity index (χ0v) is 11.7. The van der Waals surface area contributed by atoms with Crippen molar-refractivity contribution < 1.29 is 19.1 Å². The van der Waals surface area contributed by atoms with Gasteiger partial charge < -0.3 is 9.47 Å². The molecule has 1 aliphatic rings. The minimum absolute atomic E-state index is 0.150. The molecule has 0 spiro atoms. The monoisotopic (exact) mass is 256 g/mol. The van der Waals surface area contributed by atoms with E-state index in [9.17, 15) is 9.59 Å². The molecule has 0 heterocycles. The molecule has 0 amide bonds. The third-order valence-electron chi connectivity index (χ3n) is 3.49. The van der Waals surface area contributed by atoms with Crippen molar-refractivity contribution in [3.05, 3.63) is 0 Å². The molecule has 1 rings (SSSR count). The standard InChI is InChI=1S/C14H24O4/c1-4-5-6-8-13-9-7-10-14(13,17-11(2)15)18-12(3)16/h13H,4-10H2,1-3H3. The van der Waals surface area contributed by atoms with E-state index in [2.05, 4.69) is 6.92 Å². The van der Waals surface area contributed by atoms with Gasteiger partial charge in [-0.15, -0.1) is 0 Å². The van der Waals surface area contributed by atoms with Crippen LogP contribution in [0.15, 0.2) is 0 Å². The van der Waals surface area contributed by atoms with Crippen LogP contribution in [0.25, 0.3) is 0 Å². The lowest BCUT2D eigenvalue weighted by atomic mass is 9.95. The van der Waals surface area contributed by atoms with Gasteiger partial charge in [-0.25, -0.2) is 0 Å². The molecular weight excluding hydrogens is 232 g/mol. The van der Waals surface area contributed by atoms with E-state index in [1.807, 2.05) is 0 Å². The van der Waals surface area contributed by atoms with Crippen molar-refractivity contribution in [3.8, 4) is 0 Å². The molecule has 1 fully saturated rings. The van der Waals surface area contributed by atoms with Gasteiger partial charge >= 0.3 is 11.9 Å². The molecule has 18 heavy (non-hydrogen) atoms. The Morgan fingerprint density at radius 2 is 1.78 bits per heavy atom. The van der Waals surface area contributed by atoms with E-state index in [1.54, 1.807) is 0 Å². The number of ether oxygens (including phenoxy) is 2. The molecule has 1 atom stereocenters. The first kappa shape index (κ1) is 15.0. The maximum atomic E-state index is 11.2. The average molecular weight is 256 g/mol. The number of carbonyl (C=O) groups is 2. The molecule has 0 aromatic rings. The molecular formula is C14H24O4. The first-order valence-electron chi connectivity index (χ1n) is 6.89. The first-order valence-corrected chi connectivity index (χ1v) is 6.89. The summed E-state index contributed by atoms with van der Waals surface area (Å²) in [4.78, 5) is 22.5. The van der Waals surface area contributed by atoms with Gasteiger partial charge in [0.15, 0.2) is 0 Å². The smallest absolute Gasteiger partial charge is 0.305 e. The quantitative estimate of drug-likeness (QED) is 0.416. The van der Waals surface area contributed by atoms with Crippen LogP contribution < -0.4 is 0 Å². The Bertz CT molecular complexity index is 282. The molecule has 104 valence electrons. The van der Waals surface area contributed by atoms with Crippen molar-refractivity contribution in [2.75, 3.05) is 0 Å². The van der Waals surface area contributed by atoms with Crippen molar-refractivity contribution in [2.24, 2.45) is 5.92 Å². The van der Waals surface area contributed by atoms with Gasteiger partial charge in [0, 0.05) is 26.2 Å². The normalized spacial score (nSPS) is 21.6. The Labute approximate surface area is 109 Å². The molecule has 1 aliphatic carbocycles. The summed E-state index contributed by atoms with van der Waals surface area (Å²) in [6, 6.07) is 0. The second kappa shape index (κ2) is 6.76. The van der Waals surface area contributed by atoms with Crippen LogP contribution in [0.3, 0.4) is 0 Å². The van der Waals surface area contributed by atoms with E-state index in [0.717, 1.165) is 38.5 Å². The highest BCUT2D eigenvalue weighted by Gasteiger charge is 2.48. The van der Waals surface area contributed by atoms with Crippen LogP contribution in [0.2, 0.25) is 0 Å². The molecule has 1 unspecified atom stereocenters. The third kappa shape index (κ3) is 4.00. The average Bonchev–Trinajstić information content (AvgIpc) is 2.59. The van der Waals surface area contributed by atoms with E-state index in [4.69, 9.17) is 9.47 Å². The lowest BCUT2D eigenvalue weighted by Crippen LogP contribution is -2.42. The number of esters is 2. The zero-order chi connectivity index (χ0) is 13.6. The number of unbranched alkanes of at least 4 members (excludes halogenated alkanes) is 2. The van der Waals surface area contributed by atoms with Gasteiger partial charge in [-0.3, -0.25) is 9.59 Å². The molecule has 0 aliphatic heterocycles.